The van der Waals surface area contributed by atoms with Gasteiger partial charge in [0.15, 0.2) is 0 Å². The van der Waals surface area contributed by atoms with Crippen LogP contribution in [0.15, 0.2) is 0 Å². The highest BCUT2D eigenvalue weighted by atomic mass is 28.4. The van der Waals surface area contributed by atoms with Gasteiger partial charge in [0.05, 0.1) is 0 Å². The normalized spacial score (nSPS) is 13.2. The lowest BCUT2D eigenvalue weighted by atomic mass is 9.93. The first-order valence-electron chi connectivity index (χ1n) is 14.6. The quantitative estimate of drug-likeness (QED) is 0.0904. The predicted molar refractivity (Wildman–Crippen MR) is 147 cm³/mol. The van der Waals surface area contributed by atoms with Crippen molar-refractivity contribution >= 4 is 8.80 Å². The Morgan fingerprint density at radius 1 is 0.545 bits per heavy atom. The largest absolute Gasteiger partial charge is 0.500 e. The van der Waals surface area contributed by atoms with E-state index in [-0.39, 0.29) is 0 Å². The van der Waals surface area contributed by atoms with E-state index < -0.39 is 8.80 Å². The third-order valence-corrected chi connectivity index (χ3v) is 9.27. The Morgan fingerprint density at radius 3 is 1.45 bits per heavy atom. The van der Waals surface area contributed by atoms with Crippen molar-refractivity contribution in [2.45, 2.75) is 136 Å². The topological polar surface area (TPSA) is 30.9 Å². The van der Waals surface area contributed by atoms with Crippen molar-refractivity contribution in [1.82, 2.24) is 4.90 Å². The number of hydrogen-bond donors (Lipinski definition) is 0. The first-order chi connectivity index (χ1) is 16.0. The second-order valence-electron chi connectivity index (χ2n) is 10.2. The summed E-state index contributed by atoms with van der Waals surface area (Å²) in [6, 6.07) is 0.975. The molecule has 0 saturated carbocycles. The molecule has 0 saturated heterocycles. The monoisotopic (exact) mass is 487 g/mol. The zero-order valence-electron chi connectivity index (χ0n) is 23.6. The zero-order valence-corrected chi connectivity index (χ0v) is 24.6. The van der Waals surface area contributed by atoms with Gasteiger partial charge >= 0.3 is 8.80 Å². The summed E-state index contributed by atoms with van der Waals surface area (Å²) in [5, 5.41) is 0. The van der Waals surface area contributed by atoms with Gasteiger partial charge in [0.1, 0.15) is 0 Å². The van der Waals surface area contributed by atoms with Gasteiger partial charge in [0.25, 0.3) is 0 Å². The molecule has 1 unspecified atom stereocenters. The maximum absolute atomic E-state index is 6.31. The van der Waals surface area contributed by atoms with Crippen LogP contribution in [0.1, 0.15) is 130 Å². The Bertz CT molecular complexity index is 374. The molecule has 0 spiro atoms. The smallest absolute Gasteiger partial charge is 0.373 e. The molecule has 0 aromatic carbocycles. The molecule has 4 nitrogen and oxygen atoms in total. The first-order valence-corrected chi connectivity index (χ1v) is 16.5. The van der Waals surface area contributed by atoms with E-state index >= 15 is 0 Å². The van der Waals surface area contributed by atoms with Crippen LogP contribution in [0.2, 0.25) is 6.04 Å². The van der Waals surface area contributed by atoms with Crippen LogP contribution in [0.25, 0.3) is 0 Å². The molecule has 0 fully saturated rings. The summed E-state index contributed by atoms with van der Waals surface area (Å²) in [6.07, 6.45) is 20.9. The molecule has 0 rings (SSSR count). The van der Waals surface area contributed by atoms with Gasteiger partial charge < -0.3 is 18.2 Å². The molecule has 200 valence electrons. The van der Waals surface area contributed by atoms with Crippen LogP contribution in [-0.4, -0.2) is 54.2 Å². The maximum Gasteiger partial charge on any atom is 0.500 e. The molecule has 0 aromatic rings. The molecule has 1 atom stereocenters. The fraction of sp³-hybridized carbons (Fsp3) is 1.00. The molecule has 0 amide bonds. The summed E-state index contributed by atoms with van der Waals surface area (Å²) in [5.74, 6) is 0.812. The van der Waals surface area contributed by atoms with Gasteiger partial charge in [-0.3, -0.25) is 0 Å². The van der Waals surface area contributed by atoms with E-state index in [2.05, 4.69) is 46.7 Å². The van der Waals surface area contributed by atoms with Gasteiger partial charge in [-0.1, -0.05) is 98.3 Å². The molecule has 0 aliphatic carbocycles. The van der Waals surface area contributed by atoms with Crippen LogP contribution >= 0.6 is 0 Å². The van der Waals surface area contributed by atoms with Crippen molar-refractivity contribution in [2.75, 3.05) is 40.5 Å². The second kappa shape index (κ2) is 23.8. The lowest BCUT2D eigenvalue weighted by Gasteiger charge is -2.30. The highest BCUT2D eigenvalue weighted by Gasteiger charge is 2.40. The highest BCUT2D eigenvalue weighted by molar-refractivity contribution is 6.60. The van der Waals surface area contributed by atoms with Crippen molar-refractivity contribution in [1.29, 1.82) is 0 Å². The summed E-state index contributed by atoms with van der Waals surface area (Å²) in [6.45, 7) is 12.2. The average Bonchev–Trinajstić information content (AvgIpc) is 2.81. The van der Waals surface area contributed by atoms with Crippen molar-refractivity contribution in [2.24, 2.45) is 5.92 Å². The fourth-order valence-corrected chi connectivity index (χ4v) is 7.20. The number of hydrogen-bond acceptors (Lipinski definition) is 4. The third kappa shape index (κ3) is 20.0. The first kappa shape index (κ1) is 33.1. The lowest BCUT2D eigenvalue weighted by molar-refractivity contribution is 0.0582. The van der Waals surface area contributed by atoms with Gasteiger partial charge in [-0.15, -0.1) is 0 Å². The van der Waals surface area contributed by atoms with E-state index in [1.54, 1.807) is 0 Å². The average molecular weight is 488 g/mol. The van der Waals surface area contributed by atoms with Crippen LogP contribution in [0.5, 0.6) is 0 Å². The molecule has 0 aliphatic heterocycles. The minimum Gasteiger partial charge on any atom is -0.373 e. The molecule has 0 aliphatic rings. The highest BCUT2D eigenvalue weighted by Crippen LogP contribution is 2.26. The van der Waals surface area contributed by atoms with E-state index in [0.717, 1.165) is 51.0 Å². The van der Waals surface area contributed by atoms with Gasteiger partial charge in [0.2, 0.25) is 0 Å². The molecule has 5 heteroatoms. The lowest BCUT2D eigenvalue weighted by Crippen LogP contribution is -2.46. The van der Waals surface area contributed by atoms with E-state index in [1.165, 1.54) is 90.0 Å². The molecule has 0 radical (unpaired) electrons. The van der Waals surface area contributed by atoms with Crippen molar-refractivity contribution in [3.8, 4) is 0 Å². The molecule has 0 heterocycles. The van der Waals surface area contributed by atoms with Gasteiger partial charge in [-0.25, -0.2) is 0 Å². The van der Waals surface area contributed by atoms with Crippen LogP contribution < -0.4 is 0 Å². The van der Waals surface area contributed by atoms with Gasteiger partial charge in [0, 0.05) is 25.9 Å². The van der Waals surface area contributed by atoms with Crippen molar-refractivity contribution in [3.63, 3.8) is 0 Å². The minimum atomic E-state index is -2.54. The summed E-state index contributed by atoms with van der Waals surface area (Å²) < 4.78 is 18.9. The Hall–Kier alpha value is 0.0569. The Balaban J connectivity index is 4.54. The summed E-state index contributed by atoms with van der Waals surface area (Å²) in [7, 11) is 1.85. The van der Waals surface area contributed by atoms with E-state index in [9.17, 15) is 0 Å². The molecule has 0 aromatic heterocycles. The summed E-state index contributed by atoms with van der Waals surface area (Å²) in [4.78, 5) is 2.33. The van der Waals surface area contributed by atoms with E-state index in [0.29, 0.717) is 0 Å². The molecular weight excluding hydrogens is 426 g/mol. The molecule has 0 N–H and O–H groups in total. The van der Waals surface area contributed by atoms with Crippen LogP contribution in [0.3, 0.4) is 0 Å². The maximum atomic E-state index is 6.31. The van der Waals surface area contributed by atoms with Crippen molar-refractivity contribution < 1.29 is 13.3 Å². The number of nitrogens with zero attached hydrogens (tertiary/aromatic N) is 1. The molecular formula is C28H61NO3Si. The van der Waals surface area contributed by atoms with E-state index in [1.807, 2.05) is 0 Å². The second-order valence-corrected chi connectivity index (χ2v) is 12.9. The Labute approximate surface area is 209 Å². The zero-order chi connectivity index (χ0) is 24.6. The molecule has 33 heavy (non-hydrogen) atoms. The van der Waals surface area contributed by atoms with Crippen LogP contribution in [-0.2, 0) is 13.3 Å². The van der Waals surface area contributed by atoms with Gasteiger partial charge in [-0.2, -0.15) is 0 Å². The minimum absolute atomic E-state index is 0.752. The molecule has 0 bridgehead atoms. The van der Waals surface area contributed by atoms with Crippen molar-refractivity contribution in [3.05, 3.63) is 0 Å². The predicted octanol–water partition coefficient (Wildman–Crippen LogP) is 8.47. The number of unbranched alkanes of at least 4 members (excludes halogenated alkanes) is 8. The summed E-state index contributed by atoms with van der Waals surface area (Å²) in [5.41, 5.74) is 0. The Morgan fingerprint density at radius 2 is 1.00 bits per heavy atom. The third-order valence-electron chi connectivity index (χ3n) is 6.37. The summed E-state index contributed by atoms with van der Waals surface area (Å²) >= 11 is 0. The van der Waals surface area contributed by atoms with Gasteiger partial charge in [-0.05, 0) is 58.7 Å². The Kier molecular flexibility index (Phi) is 23.8. The number of rotatable bonds is 26. The standard InChI is InChI=1S/C28H61NO3Si/c1-7-11-12-13-14-15-16-17-18-20-28(22-23-29(5)6)21-19-27-33(30-24-8-2,31-25-9-3)32-26-10-4/h28H,7-27H2,1-6H3. The van der Waals surface area contributed by atoms with Crippen LogP contribution in [0, 0.1) is 5.92 Å². The van der Waals surface area contributed by atoms with Crippen LogP contribution in [0.4, 0.5) is 0 Å². The SMILES string of the molecule is CCCCCCCCCCCC(CCC[Si](OCCC)(OCCC)OCCC)CCN(C)C. The fourth-order valence-electron chi connectivity index (χ4n) is 4.34. The van der Waals surface area contributed by atoms with E-state index in [4.69, 9.17) is 13.3 Å².